The van der Waals surface area contributed by atoms with Gasteiger partial charge in [-0.1, -0.05) is 0 Å². The van der Waals surface area contributed by atoms with E-state index in [1.165, 1.54) is 0 Å². The largest absolute Gasteiger partial charge is 0.417 e. The van der Waals surface area contributed by atoms with E-state index in [0.717, 1.165) is 22.9 Å². The SMILES string of the molecule is CC(O)CCCCn1cc(C(F)(F)F)ccc1=O. The Labute approximate surface area is 103 Å². The molecule has 1 aromatic heterocycles. The molecule has 1 rings (SSSR count). The molecule has 0 aliphatic rings. The van der Waals surface area contributed by atoms with Gasteiger partial charge >= 0.3 is 6.18 Å². The van der Waals surface area contributed by atoms with E-state index in [4.69, 9.17) is 5.11 Å². The first-order valence-corrected chi connectivity index (χ1v) is 5.76. The number of halogens is 3. The fourth-order valence-electron chi connectivity index (χ4n) is 1.60. The van der Waals surface area contributed by atoms with E-state index in [2.05, 4.69) is 0 Å². The van der Waals surface area contributed by atoms with Gasteiger partial charge in [0.25, 0.3) is 5.56 Å². The number of nitrogens with zero attached hydrogens (tertiary/aromatic N) is 1. The molecule has 1 heterocycles. The summed E-state index contributed by atoms with van der Waals surface area (Å²) in [4.78, 5) is 11.4. The zero-order valence-electron chi connectivity index (χ0n) is 10.1. The van der Waals surface area contributed by atoms with E-state index in [0.29, 0.717) is 19.3 Å². The molecule has 18 heavy (non-hydrogen) atoms. The predicted octanol–water partition coefficient (Wildman–Crippen LogP) is 2.42. The average Bonchev–Trinajstić information content (AvgIpc) is 2.24. The number of hydrogen-bond donors (Lipinski definition) is 1. The highest BCUT2D eigenvalue weighted by Crippen LogP contribution is 2.28. The Bertz CT molecular complexity index is 438. The van der Waals surface area contributed by atoms with Gasteiger partial charge in [0.15, 0.2) is 0 Å². The third kappa shape index (κ3) is 4.52. The summed E-state index contributed by atoms with van der Waals surface area (Å²) in [6.45, 7) is 1.88. The molecule has 3 nitrogen and oxygen atoms in total. The van der Waals surface area contributed by atoms with Gasteiger partial charge in [-0.2, -0.15) is 13.2 Å². The van der Waals surface area contributed by atoms with Gasteiger partial charge in [-0.05, 0) is 32.3 Å². The average molecular weight is 263 g/mol. The van der Waals surface area contributed by atoms with E-state index in [1.807, 2.05) is 0 Å². The number of rotatable bonds is 5. The Balaban J connectivity index is 2.68. The molecule has 0 amide bonds. The molecule has 0 bridgehead atoms. The summed E-state index contributed by atoms with van der Waals surface area (Å²) in [5.41, 5.74) is -1.27. The quantitative estimate of drug-likeness (QED) is 0.829. The highest BCUT2D eigenvalue weighted by atomic mass is 19.4. The second kappa shape index (κ2) is 6.04. The molecule has 0 fully saturated rings. The molecule has 1 aromatic rings. The minimum atomic E-state index is -4.44. The minimum absolute atomic E-state index is 0.232. The second-order valence-corrected chi connectivity index (χ2v) is 4.29. The van der Waals surface area contributed by atoms with Crippen LogP contribution in [0.5, 0.6) is 0 Å². The van der Waals surface area contributed by atoms with Crippen LogP contribution in [0.15, 0.2) is 23.1 Å². The lowest BCUT2D eigenvalue weighted by atomic mass is 10.2. The molecule has 0 spiro atoms. The number of aliphatic hydroxyl groups is 1. The maximum Gasteiger partial charge on any atom is 0.417 e. The van der Waals surface area contributed by atoms with Gasteiger partial charge in [0.05, 0.1) is 11.7 Å². The van der Waals surface area contributed by atoms with Crippen LogP contribution in [0.4, 0.5) is 13.2 Å². The molecule has 102 valence electrons. The Morgan fingerprint density at radius 3 is 2.56 bits per heavy atom. The summed E-state index contributed by atoms with van der Waals surface area (Å²) < 4.78 is 38.4. The van der Waals surface area contributed by atoms with Crippen LogP contribution in [-0.2, 0) is 12.7 Å². The first-order valence-electron chi connectivity index (χ1n) is 5.76. The molecule has 0 saturated carbocycles. The van der Waals surface area contributed by atoms with Crippen molar-refractivity contribution in [1.29, 1.82) is 0 Å². The Kier molecular flexibility index (Phi) is 4.95. The van der Waals surface area contributed by atoms with Crippen molar-refractivity contribution in [2.45, 2.75) is 45.0 Å². The molecule has 0 aliphatic heterocycles. The fourth-order valence-corrected chi connectivity index (χ4v) is 1.60. The maximum atomic E-state index is 12.4. The van der Waals surface area contributed by atoms with Crippen molar-refractivity contribution < 1.29 is 18.3 Å². The van der Waals surface area contributed by atoms with Gasteiger partial charge < -0.3 is 9.67 Å². The summed E-state index contributed by atoms with van der Waals surface area (Å²) in [5, 5.41) is 9.04. The van der Waals surface area contributed by atoms with Crippen molar-refractivity contribution in [3.63, 3.8) is 0 Å². The van der Waals surface area contributed by atoms with Gasteiger partial charge in [0.2, 0.25) is 0 Å². The van der Waals surface area contributed by atoms with Crippen molar-refractivity contribution in [1.82, 2.24) is 4.57 Å². The van der Waals surface area contributed by atoms with E-state index in [1.54, 1.807) is 6.92 Å². The molecule has 0 saturated heterocycles. The maximum absolute atomic E-state index is 12.4. The summed E-state index contributed by atoms with van der Waals surface area (Å²) in [6.07, 6.45) is -2.22. The number of alkyl halides is 3. The third-order valence-electron chi connectivity index (χ3n) is 2.58. The van der Waals surface area contributed by atoms with Crippen LogP contribution in [-0.4, -0.2) is 15.8 Å². The Morgan fingerprint density at radius 2 is 2.00 bits per heavy atom. The Hall–Kier alpha value is -1.30. The number of aliphatic hydroxyl groups excluding tert-OH is 1. The van der Waals surface area contributed by atoms with E-state index >= 15 is 0 Å². The normalized spacial score (nSPS) is 13.6. The highest BCUT2D eigenvalue weighted by Gasteiger charge is 2.30. The van der Waals surface area contributed by atoms with Crippen molar-refractivity contribution in [2.75, 3.05) is 0 Å². The topological polar surface area (TPSA) is 42.2 Å². The first kappa shape index (κ1) is 14.8. The van der Waals surface area contributed by atoms with Gasteiger partial charge in [0, 0.05) is 18.8 Å². The fraction of sp³-hybridized carbons (Fsp3) is 0.583. The summed E-state index contributed by atoms with van der Waals surface area (Å²) in [7, 11) is 0. The van der Waals surface area contributed by atoms with Crippen LogP contribution >= 0.6 is 0 Å². The Morgan fingerprint density at radius 1 is 1.33 bits per heavy atom. The van der Waals surface area contributed by atoms with Crippen LogP contribution in [0.1, 0.15) is 31.7 Å². The molecule has 0 radical (unpaired) electrons. The van der Waals surface area contributed by atoms with Crippen molar-refractivity contribution >= 4 is 0 Å². The number of unbranched alkanes of at least 4 members (excludes halogenated alkanes) is 1. The van der Waals surface area contributed by atoms with Crippen LogP contribution in [0.2, 0.25) is 0 Å². The van der Waals surface area contributed by atoms with Gasteiger partial charge in [-0.3, -0.25) is 4.79 Å². The lowest BCUT2D eigenvalue weighted by Crippen LogP contribution is -2.21. The summed E-state index contributed by atoms with van der Waals surface area (Å²) in [6, 6.07) is 1.71. The van der Waals surface area contributed by atoms with Gasteiger partial charge in [-0.25, -0.2) is 0 Å². The lowest BCUT2D eigenvalue weighted by molar-refractivity contribution is -0.138. The summed E-state index contributed by atoms with van der Waals surface area (Å²) in [5.74, 6) is 0. The van der Waals surface area contributed by atoms with Crippen LogP contribution in [0, 0.1) is 0 Å². The van der Waals surface area contributed by atoms with E-state index in [9.17, 15) is 18.0 Å². The zero-order valence-corrected chi connectivity index (χ0v) is 10.1. The lowest BCUT2D eigenvalue weighted by Gasteiger charge is -2.10. The number of hydrogen-bond acceptors (Lipinski definition) is 2. The predicted molar refractivity (Wildman–Crippen MR) is 61.2 cm³/mol. The van der Waals surface area contributed by atoms with E-state index < -0.39 is 23.4 Å². The molecular weight excluding hydrogens is 247 g/mol. The molecular formula is C12H16F3NO2. The monoisotopic (exact) mass is 263 g/mol. The molecule has 1 N–H and O–H groups in total. The molecule has 1 atom stereocenters. The van der Waals surface area contributed by atoms with Gasteiger partial charge in [-0.15, -0.1) is 0 Å². The molecule has 1 unspecified atom stereocenters. The molecule has 0 aromatic carbocycles. The van der Waals surface area contributed by atoms with Crippen LogP contribution in [0.3, 0.4) is 0 Å². The first-order chi connectivity index (χ1) is 8.30. The van der Waals surface area contributed by atoms with Crippen molar-refractivity contribution in [3.05, 3.63) is 34.2 Å². The number of pyridine rings is 1. The third-order valence-corrected chi connectivity index (χ3v) is 2.58. The van der Waals surface area contributed by atoms with Crippen molar-refractivity contribution in [3.8, 4) is 0 Å². The summed E-state index contributed by atoms with van der Waals surface area (Å²) >= 11 is 0. The standard InChI is InChI=1S/C12H16F3NO2/c1-9(17)4-2-3-7-16-8-10(12(13,14)15)5-6-11(16)18/h5-6,8-9,17H,2-4,7H2,1H3. The second-order valence-electron chi connectivity index (χ2n) is 4.29. The van der Waals surface area contributed by atoms with Gasteiger partial charge in [0.1, 0.15) is 0 Å². The van der Waals surface area contributed by atoms with Crippen LogP contribution < -0.4 is 5.56 Å². The smallest absolute Gasteiger partial charge is 0.393 e. The van der Waals surface area contributed by atoms with Crippen LogP contribution in [0.25, 0.3) is 0 Å². The minimum Gasteiger partial charge on any atom is -0.393 e. The highest BCUT2D eigenvalue weighted by molar-refractivity contribution is 5.13. The molecule has 0 aliphatic carbocycles. The molecule has 6 heteroatoms. The number of aryl methyl sites for hydroxylation is 1. The number of aromatic nitrogens is 1. The van der Waals surface area contributed by atoms with Crippen molar-refractivity contribution in [2.24, 2.45) is 0 Å². The van der Waals surface area contributed by atoms with E-state index in [-0.39, 0.29) is 6.54 Å². The zero-order chi connectivity index (χ0) is 13.8.